The van der Waals surface area contributed by atoms with Gasteiger partial charge >= 0.3 is 0 Å². The molecule has 0 atom stereocenters. The summed E-state index contributed by atoms with van der Waals surface area (Å²) in [5.74, 6) is 1.08. The standard InChI is InChI=1S/C19H28N2O3/c1-14(2)17-7-6-16(12-15(17)3)24-13-18(22)20-9-8-19(23)21-10-4-5-11-21/h6-7,12,14H,4-5,8-11,13H2,1-3H3,(H,20,22). The molecule has 0 spiro atoms. The molecule has 0 radical (unpaired) electrons. The Kier molecular flexibility index (Phi) is 6.64. The van der Waals surface area contributed by atoms with E-state index in [1.165, 1.54) is 11.1 Å². The molecule has 0 bridgehead atoms. The molecule has 0 unspecified atom stereocenters. The number of nitrogens with one attached hydrogen (secondary N) is 1. The van der Waals surface area contributed by atoms with E-state index in [1.54, 1.807) is 0 Å². The lowest BCUT2D eigenvalue weighted by Crippen LogP contribution is -2.34. The van der Waals surface area contributed by atoms with Crippen LogP contribution >= 0.6 is 0 Å². The molecule has 1 aliphatic rings. The van der Waals surface area contributed by atoms with Gasteiger partial charge in [-0.1, -0.05) is 19.9 Å². The second-order valence-corrected chi connectivity index (χ2v) is 6.65. The second-order valence-electron chi connectivity index (χ2n) is 6.65. The van der Waals surface area contributed by atoms with Crippen molar-refractivity contribution in [2.24, 2.45) is 0 Å². The number of likely N-dealkylation sites (tertiary alicyclic amines) is 1. The minimum Gasteiger partial charge on any atom is -0.484 e. The molecule has 0 saturated carbocycles. The molecule has 1 heterocycles. The highest BCUT2D eigenvalue weighted by Gasteiger charge is 2.17. The average Bonchev–Trinajstić information content (AvgIpc) is 3.07. The van der Waals surface area contributed by atoms with E-state index in [-0.39, 0.29) is 18.4 Å². The highest BCUT2D eigenvalue weighted by molar-refractivity contribution is 5.80. The van der Waals surface area contributed by atoms with Crippen LogP contribution in [0.5, 0.6) is 5.75 Å². The Bertz CT molecular complexity index is 578. The van der Waals surface area contributed by atoms with E-state index in [0.717, 1.165) is 25.9 Å². The zero-order valence-electron chi connectivity index (χ0n) is 14.9. The largest absolute Gasteiger partial charge is 0.484 e. The van der Waals surface area contributed by atoms with Crippen molar-refractivity contribution >= 4 is 11.8 Å². The number of carbonyl (C=O) groups excluding carboxylic acids is 2. The van der Waals surface area contributed by atoms with E-state index in [4.69, 9.17) is 4.74 Å². The van der Waals surface area contributed by atoms with Gasteiger partial charge in [-0.3, -0.25) is 9.59 Å². The molecule has 5 heteroatoms. The van der Waals surface area contributed by atoms with E-state index in [1.807, 2.05) is 30.0 Å². The monoisotopic (exact) mass is 332 g/mol. The number of rotatable bonds is 7. The first-order valence-electron chi connectivity index (χ1n) is 8.75. The zero-order chi connectivity index (χ0) is 17.5. The normalized spacial score (nSPS) is 14.1. The van der Waals surface area contributed by atoms with Crippen LogP contribution in [0.15, 0.2) is 18.2 Å². The van der Waals surface area contributed by atoms with Crippen molar-refractivity contribution in [1.82, 2.24) is 10.2 Å². The van der Waals surface area contributed by atoms with Crippen LogP contribution in [0.4, 0.5) is 0 Å². The summed E-state index contributed by atoms with van der Waals surface area (Å²) < 4.78 is 5.53. The van der Waals surface area contributed by atoms with E-state index in [2.05, 4.69) is 19.2 Å². The Morgan fingerprint density at radius 2 is 1.96 bits per heavy atom. The van der Waals surface area contributed by atoms with Crippen LogP contribution in [0.1, 0.15) is 50.2 Å². The summed E-state index contributed by atoms with van der Waals surface area (Å²) in [5, 5.41) is 2.74. The fourth-order valence-corrected chi connectivity index (χ4v) is 3.02. The second kappa shape index (κ2) is 8.71. The van der Waals surface area contributed by atoms with Gasteiger partial charge in [0.1, 0.15) is 5.75 Å². The maximum Gasteiger partial charge on any atom is 0.257 e. The Labute approximate surface area is 144 Å². The molecule has 1 N–H and O–H groups in total. The number of hydrogen-bond donors (Lipinski definition) is 1. The van der Waals surface area contributed by atoms with Gasteiger partial charge in [-0.2, -0.15) is 0 Å². The summed E-state index contributed by atoms with van der Waals surface area (Å²) in [6, 6.07) is 5.90. The van der Waals surface area contributed by atoms with Crippen LogP contribution in [0, 0.1) is 6.92 Å². The summed E-state index contributed by atoms with van der Waals surface area (Å²) in [4.78, 5) is 25.6. The van der Waals surface area contributed by atoms with Crippen LogP contribution in [-0.4, -0.2) is 43.0 Å². The van der Waals surface area contributed by atoms with Crippen molar-refractivity contribution < 1.29 is 14.3 Å². The van der Waals surface area contributed by atoms with Gasteiger partial charge in [0.05, 0.1) is 0 Å². The van der Waals surface area contributed by atoms with Crippen molar-refractivity contribution in [3.05, 3.63) is 29.3 Å². The quantitative estimate of drug-likeness (QED) is 0.835. The van der Waals surface area contributed by atoms with E-state index < -0.39 is 0 Å². The van der Waals surface area contributed by atoms with Crippen LogP contribution in [0.3, 0.4) is 0 Å². The molecule has 2 rings (SSSR count). The van der Waals surface area contributed by atoms with Gasteiger partial charge in [-0.25, -0.2) is 0 Å². The molecule has 0 aliphatic carbocycles. The van der Waals surface area contributed by atoms with Gasteiger partial charge in [0.15, 0.2) is 6.61 Å². The van der Waals surface area contributed by atoms with Gasteiger partial charge in [-0.05, 0) is 48.9 Å². The molecule has 1 saturated heterocycles. The third-order valence-corrected chi connectivity index (χ3v) is 4.35. The van der Waals surface area contributed by atoms with Crippen molar-refractivity contribution in [2.75, 3.05) is 26.2 Å². The Balaban J connectivity index is 1.69. The van der Waals surface area contributed by atoms with Crippen LogP contribution in [0.2, 0.25) is 0 Å². The molecule has 2 amide bonds. The first kappa shape index (κ1) is 18.3. The summed E-state index contributed by atoms with van der Waals surface area (Å²) in [6.45, 7) is 8.39. The maximum atomic E-state index is 11.9. The summed E-state index contributed by atoms with van der Waals surface area (Å²) in [5.41, 5.74) is 2.45. The third-order valence-electron chi connectivity index (χ3n) is 4.35. The number of aryl methyl sites for hydroxylation is 1. The minimum atomic E-state index is -0.199. The fourth-order valence-electron chi connectivity index (χ4n) is 3.02. The first-order valence-corrected chi connectivity index (χ1v) is 8.75. The Hall–Kier alpha value is -2.04. The lowest BCUT2D eigenvalue weighted by molar-refractivity contribution is -0.130. The van der Waals surface area contributed by atoms with Crippen molar-refractivity contribution in [2.45, 2.75) is 46.0 Å². The molecular formula is C19H28N2O3. The molecule has 5 nitrogen and oxygen atoms in total. The summed E-state index contributed by atoms with van der Waals surface area (Å²) in [7, 11) is 0. The molecule has 0 aromatic heterocycles. The molecule has 24 heavy (non-hydrogen) atoms. The molecule has 1 aromatic rings. The average molecular weight is 332 g/mol. The van der Waals surface area contributed by atoms with Gasteiger partial charge in [-0.15, -0.1) is 0 Å². The summed E-state index contributed by atoms with van der Waals surface area (Å²) in [6.07, 6.45) is 2.52. The predicted molar refractivity (Wildman–Crippen MR) is 94.2 cm³/mol. The molecule has 132 valence electrons. The highest BCUT2D eigenvalue weighted by atomic mass is 16.5. The number of carbonyl (C=O) groups is 2. The SMILES string of the molecule is Cc1cc(OCC(=O)NCCC(=O)N2CCCC2)ccc1C(C)C. The summed E-state index contributed by atoms with van der Waals surface area (Å²) >= 11 is 0. The van der Waals surface area contributed by atoms with Crippen molar-refractivity contribution in [3.8, 4) is 5.75 Å². The lowest BCUT2D eigenvalue weighted by Gasteiger charge is -2.15. The molecule has 1 aliphatic heterocycles. The number of ether oxygens (including phenoxy) is 1. The van der Waals surface area contributed by atoms with Gasteiger partial charge in [0, 0.05) is 26.1 Å². The molecular weight excluding hydrogens is 304 g/mol. The number of benzene rings is 1. The van der Waals surface area contributed by atoms with E-state index in [9.17, 15) is 9.59 Å². The van der Waals surface area contributed by atoms with Gasteiger partial charge in [0.2, 0.25) is 5.91 Å². The lowest BCUT2D eigenvalue weighted by atomic mass is 9.98. The van der Waals surface area contributed by atoms with E-state index >= 15 is 0 Å². The zero-order valence-corrected chi connectivity index (χ0v) is 14.9. The van der Waals surface area contributed by atoms with Crippen LogP contribution in [-0.2, 0) is 9.59 Å². The first-order chi connectivity index (χ1) is 11.5. The van der Waals surface area contributed by atoms with Crippen molar-refractivity contribution in [1.29, 1.82) is 0 Å². The Morgan fingerprint density at radius 3 is 2.58 bits per heavy atom. The van der Waals surface area contributed by atoms with Gasteiger partial charge < -0.3 is 15.0 Å². The van der Waals surface area contributed by atoms with Crippen LogP contribution < -0.4 is 10.1 Å². The number of nitrogens with zero attached hydrogens (tertiary/aromatic N) is 1. The topological polar surface area (TPSA) is 58.6 Å². The van der Waals surface area contributed by atoms with E-state index in [0.29, 0.717) is 24.6 Å². The number of amides is 2. The maximum absolute atomic E-state index is 11.9. The minimum absolute atomic E-state index is 0.0294. The fraction of sp³-hybridized carbons (Fsp3) is 0.579. The Morgan fingerprint density at radius 1 is 1.25 bits per heavy atom. The highest BCUT2D eigenvalue weighted by Crippen LogP contribution is 2.23. The van der Waals surface area contributed by atoms with Crippen molar-refractivity contribution in [3.63, 3.8) is 0 Å². The van der Waals surface area contributed by atoms with Crippen LogP contribution in [0.25, 0.3) is 0 Å². The predicted octanol–water partition coefficient (Wildman–Crippen LogP) is 2.63. The smallest absolute Gasteiger partial charge is 0.257 e. The number of hydrogen-bond acceptors (Lipinski definition) is 3. The molecule has 1 aromatic carbocycles. The van der Waals surface area contributed by atoms with Gasteiger partial charge in [0.25, 0.3) is 5.91 Å². The third kappa shape index (κ3) is 5.25. The molecule has 1 fully saturated rings.